The number of nitro groups is 1. The molecule has 3 aromatic heterocycles. The summed E-state index contributed by atoms with van der Waals surface area (Å²) in [4.78, 5) is 60.3. The van der Waals surface area contributed by atoms with Crippen LogP contribution in [0.4, 0.5) is 10.6 Å². The van der Waals surface area contributed by atoms with Gasteiger partial charge < -0.3 is 35.2 Å². The lowest BCUT2D eigenvalue weighted by Crippen LogP contribution is -2.48. The molecule has 3 N–H and O–H groups in total. The number of nitrogens with zero attached hydrogens (tertiary/aromatic N) is 5. The molecule has 0 spiro atoms. The molecule has 0 aliphatic rings. The summed E-state index contributed by atoms with van der Waals surface area (Å²) in [6.07, 6.45) is 2.28. The standard InChI is InChI=1S/C26H36N8O7S/c1-8-9-10-16(22(36)40-26(6,7)14-28-24(37)41-25(3,4)5)30-21(35)20-15(2)29-23(31-20)42-18-12-11-17-27-13-19(34(38)39)33(17)32-18/h11-13,16H,8-10,14H2,1-7H3,(H,28,37)(H,29,31)(H,30,35). The Kier molecular flexibility index (Phi) is 10.1. The van der Waals surface area contributed by atoms with Crippen LogP contribution in [0.25, 0.3) is 5.65 Å². The van der Waals surface area contributed by atoms with E-state index in [1.807, 2.05) is 6.92 Å². The van der Waals surface area contributed by atoms with Crippen molar-refractivity contribution >= 4 is 41.2 Å². The first-order valence-electron chi connectivity index (χ1n) is 13.3. The molecule has 1 unspecified atom stereocenters. The topological polar surface area (TPSA) is 196 Å². The molecule has 0 radical (unpaired) electrons. The minimum Gasteiger partial charge on any atom is -0.456 e. The van der Waals surface area contributed by atoms with Gasteiger partial charge in [0.1, 0.15) is 34.2 Å². The van der Waals surface area contributed by atoms with Crippen LogP contribution in [0.5, 0.6) is 0 Å². The third kappa shape index (κ3) is 8.89. The number of hydrogen-bond acceptors (Lipinski definition) is 11. The second-order valence-electron chi connectivity index (χ2n) is 11.1. The van der Waals surface area contributed by atoms with Crippen LogP contribution < -0.4 is 10.6 Å². The summed E-state index contributed by atoms with van der Waals surface area (Å²) >= 11 is 1.07. The summed E-state index contributed by atoms with van der Waals surface area (Å²) in [7, 11) is 0. The van der Waals surface area contributed by atoms with Crippen molar-refractivity contribution in [3.8, 4) is 0 Å². The largest absolute Gasteiger partial charge is 0.456 e. The van der Waals surface area contributed by atoms with E-state index < -0.39 is 40.1 Å². The molecule has 0 aliphatic carbocycles. The van der Waals surface area contributed by atoms with Crippen molar-refractivity contribution in [2.75, 3.05) is 6.54 Å². The Bertz CT molecular complexity index is 1460. The SMILES string of the molecule is CCCCC(NC(=O)c1nc(Sc2ccc3ncc([N+](=O)[O-])n3n2)[nH]c1C)C(=O)OC(C)(C)CNC(=O)OC(C)(C)C. The lowest BCUT2D eigenvalue weighted by atomic mass is 10.1. The summed E-state index contributed by atoms with van der Waals surface area (Å²) in [6.45, 7) is 12.1. The lowest BCUT2D eigenvalue weighted by molar-refractivity contribution is -0.391. The van der Waals surface area contributed by atoms with Crippen LogP contribution in [-0.2, 0) is 14.3 Å². The minimum absolute atomic E-state index is 0.00319. The van der Waals surface area contributed by atoms with E-state index in [0.717, 1.165) is 28.9 Å². The van der Waals surface area contributed by atoms with Gasteiger partial charge in [0.05, 0.1) is 6.54 Å². The number of alkyl carbamates (subject to hydrolysis) is 1. The van der Waals surface area contributed by atoms with Gasteiger partial charge in [-0.25, -0.2) is 19.6 Å². The zero-order valence-electron chi connectivity index (χ0n) is 24.6. The number of carbonyl (C=O) groups is 3. The van der Waals surface area contributed by atoms with Gasteiger partial charge in [0.2, 0.25) is 5.65 Å². The van der Waals surface area contributed by atoms with Crippen LogP contribution in [0.3, 0.4) is 0 Å². The molecule has 2 amide bonds. The maximum Gasteiger partial charge on any atom is 0.407 e. The number of unbranched alkanes of at least 4 members (excludes halogenated alkanes) is 1. The maximum atomic E-state index is 13.2. The first-order chi connectivity index (χ1) is 19.6. The van der Waals surface area contributed by atoms with Gasteiger partial charge in [0, 0.05) is 11.8 Å². The molecule has 3 rings (SSSR count). The fraction of sp³-hybridized carbons (Fsp3) is 0.538. The van der Waals surface area contributed by atoms with Crippen LogP contribution >= 0.6 is 11.8 Å². The number of aryl methyl sites for hydroxylation is 1. The molecule has 0 bridgehead atoms. The molecule has 3 aromatic rings. The number of imidazole rings is 2. The Morgan fingerprint density at radius 3 is 2.55 bits per heavy atom. The highest BCUT2D eigenvalue weighted by molar-refractivity contribution is 7.99. The predicted molar refractivity (Wildman–Crippen MR) is 152 cm³/mol. The molecule has 0 saturated carbocycles. The van der Waals surface area contributed by atoms with E-state index in [-0.39, 0.29) is 18.1 Å². The van der Waals surface area contributed by atoms with E-state index in [0.29, 0.717) is 34.4 Å². The number of amides is 2. The molecule has 228 valence electrons. The molecule has 3 heterocycles. The van der Waals surface area contributed by atoms with Crippen LogP contribution in [0, 0.1) is 17.0 Å². The zero-order valence-corrected chi connectivity index (χ0v) is 25.5. The number of ether oxygens (including phenoxy) is 2. The van der Waals surface area contributed by atoms with E-state index in [1.54, 1.807) is 53.7 Å². The average molecular weight is 605 g/mol. The number of hydrogen-bond donors (Lipinski definition) is 3. The van der Waals surface area contributed by atoms with E-state index in [2.05, 4.69) is 30.7 Å². The molecule has 0 fully saturated rings. The molecule has 15 nitrogen and oxygen atoms in total. The van der Waals surface area contributed by atoms with Crippen molar-refractivity contribution in [3.63, 3.8) is 0 Å². The molecule has 0 saturated heterocycles. The Hall–Kier alpha value is -4.21. The first kappa shape index (κ1) is 32.3. The normalized spacial score (nSPS) is 12.5. The predicted octanol–water partition coefficient (Wildman–Crippen LogP) is 3.96. The van der Waals surface area contributed by atoms with Crippen LogP contribution in [0.1, 0.15) is 77.0 Å². The molecule has 42 heavy (non-hydrogen) atoms. The molecular weight excluding hydrogens is 568 g/mol. The van der Waals surface area contributed by atoms with E-state index in [4.69, 9.17) is 9.47 Å². The van der Waals surface area contributed by atoms with Crippen molar-refractivity contribution in [1.29, 1.82) is 0 Å². The number of H-pyrrole nitrogens is 1. The highest BCUT2D eigenvalue weighted by Gasteiger charge is 2.31. The van der Waals surface area contributed by atoms with Crippen LogP contribution in [-0.4, -0.2) is 71.2 Å². The van der Waals surface area contributed by atoms with E-state index >= 15 is 0 Å². The number of carbonyl (C=O) groups excluding carboxylic acids is 3. The fourth-order valence-corrected chi connectivity index (χ4v) is 4.48. The number of nitrogens with one attached hydrogen (secondary N) is 3. The highest BCUT2D eigenvalue weighted by Crippen LogP contribution is 2.26. The third-order valence-corrected chi connectivity index (χ3v) is 6.47. The zero-order chi connectivity index (χ0) is 31.2. The number of esters is 1. The summed E-state index contributed by atoms with van der Waals surface area (Å²) in [6, 6.07) is 2.27. The van der Waals surface area contributed by atoms with Crippen LogP contribution in [0.15, 0.2) is 28.5 Å². The summed E-state index contributed by atoms with van der Waals surface area (Å²) in [5.41, 5.74) is -0.904. The van der Waals surface area contributed by atoms with Crippen molar-refractivity contribution in [2.24, 2.45) is 0 Å². The van der Waals surface area contributed by atoms with Gasteiger partial charge in [0.15, 0.2) is 5.16 Å². The monoisotopic (exact) mass is 604 g/mol. The highest BCUT2D eigenvalue weighted by atomic mass is 32.2. The van der Waals surface area contributed by atoms with E-state index in [9.17, 15) is 24.5 Å². The summed E-state index contributed by atoms with van der Waals surface area (Å²) in [5, 5.41) is 21.5. The molecule has 16 heteroatoms. The van der Waals surface area contributed by atoms with Crippen molar-refractivity contribution in [3.05, 3.63) is 39.8 Å². The molecule has 0 aliphatic heterocycles. The van der Waals surface area contributed by atoms with Crippen molar-refractivity contribution in [2.45, 2.75) is 95.2 Å². The number of rotatable bonds is 12. The number of fused-ring (bicyclic) bond motifs is 1. The quantitative estimate of drug-likeness (QED) is 0.154. The first-order valence-corrected chi connectivity index (χ1v) is 14.1. The van der Waals surface area contributed by atoms with Gasteiger partial charge in [-0.3, -0.25) is 4.79 Å². The number of aromatic nitrogens is 5. The van der Waals surface area contributed by atoms with Gasteiger partial charge in [-0.15, -0.1) is 0 Å². The van der Waals surface area contributed by atoms with Crippen molar-refractivity contribution < 1.29 is 28.8 Å². The Morgan fingerprint density at radius 2 is 1.90 bits per heavy atom. The number of aromatic amines is 1. The molecule has 0 aromatic carbocycles. The third-order valence-electron chi connectivity index (χ3n) is 5.66. The van der Waals surface area contributed by atoms with Crippen LogP contribution in [0.2, 0.25) is 0 Å². The van der Waals surface area contributed by atoms with E-state index in [1.165, 1.54) is 0 Å². The summed E-state index contributed by atoms with van der Waals surface area (Å²) < 4.78 is 12.0. The lowest BCUT2D eigenvalue weighted by Gasteiger charge is -2.29. The molecule has 1 atom stereocenters. The Balaban J connectivity index is 1.68. The van der Waals surface area contributed by atoms with Gasteiger partial charge in [-0.1, -0.05) is 29.4 Å². The Morgan fingerprint density at radius 1 is 1.19 bits per heavy atom. The van der Waals surface area contributed by atoms with Gasteiger partial charge in [-0.05, 0) is 70.7 Å². The van der Waals surface area contributed by atoms with Gasteiger partial charge in [0.25, 0.3) is 5.91 Å². The minimum atomic E-state index is -1.08. The van der Waals surface area contributed by atoms with Crippen molar-refractivity contribution in [1.82, 2.24) is 35.2 Å². The maximum absolute atomic E-state index is 13.2. The summed E-state index contributed by atoms with van der Waals surface area (Å²) in [5.74, 6) is -1.50. The second kappa shape index (κ2) is 13.2. The fourth-order valence-electron chi connectivity index (χ4n) is 3.69. The second-order valence-corrected chi connectivity index (χ2v) is 12.1. The average Bonchev–Trinajstić information content (AvgIpc) is 3.47. The Labute approximate surface area is 246 Å². The van der Waals surface area contributed by atoms with Gasteiger partial charge >= 0.3 is 17.9 Å². The van der Waals surface area contributed by atoms with Gasteiger partial charge in [-0.2, -0.15) is 0 Å². The molecular formula is C26H36N8O7S. The smallest absolute Gasteiger partial charge is 0.407 e.